The van der Waals surface area contributed by atoms with E-state index in [1.54, 1.807) is 20.9 Å². The molecular formula is C46H72Br2Ge2S2. The summed E-state index contributed by atoms with van der Waals surface area (Å²) in [6, 6.07) is 11.3. The van der Waals surface area contributed by atoms with E-state index in [0.29, 0.717) is 0 Å². The van der Waals surface area contributed by atoms with Crippen LogP contribution in [0.5, 0.6) is 0 Å². The van der Waals surface area contributed by atoms with Gasteiger partial charge in [-0.2, -0.15) is 0 Å². The Balaban J connectivity index is 1.78. The molecule has 0 nitrogen and oxygen atoms in total. The Bertz CT molecular complexity index is 1420. The van der Waals surface area contributed by atoms with Crippen LogP contribution in [-0.4, -0.2) is 26.5 Å². The van der Waals surface area contributed by atoms with Gasteiger partial charge in [0.05, 0.1) is 0 Å². The summed E-state index contributed by atoms with van der Waals surface area (Å²) >= 11 is 6.83. The minimum atomic E-state index is -2.80. The Hall–Kier alpha value is 0.666. The molecule has 2 aliphatic heterocycles. The Morgan fingerprint density at radius 3 is 0.981 bits per heavy atom. The molecule has 6 heteroatoms. The van der Waals surface area contributed by atoms with Crippen LogP contribution < -0.4 is 17.6 Å². The number of halogens is 2. The van der Waals surface area contributed by atoms with Gasteiger partial charge in [-0.25, -0.2) is 0 Å². The summed E-state index contributed by atoms with van der Waals surface area (Å²) in [6.45, 7) is 19.6. The zero-order valence-electron chi connectivity index (χ0n) is 34.3. The fourth-order valence-corrected chi connectivity index (χ4v) is 45.1. The second-order valence-electron chi connectivity index (χ2n) is 17.2. The van der Waals surface area contributed by atoms with Crippen molar-refractivity contribution in [3.8, 4) is 20.9 Å². The molecule has 0 N–H and O–H groups in total. The summed E-state index contributed by atoms with van der Waals surface area (Å²) in [5, 5.41) is 5.99. The molecule has 0 saturated heterocycles. The summed E-state index contributed by atoms with van der Waals surface area (Å²) in [5.41, 5.74) is 3.46. The molecule has 0 saturated carbocycles. The van der Waals surface area contributed by atoms with Crippen molar-refractivity contribution in [2.75, 3.05) is 0 Å². The van der Waals surface area contributed by atoms with Crippen LogP contribution >= 0.6 is 54.5 Å². The monoisotopic (exact) mass is 994 g/mol. The van der Waals surface area contributed by atoms with E-state index in [0.717, 1.165) is 23.7 Å². The quantitative estimate of drug-likeness (QED) is 0.0785. The summed E-state index contributed by atoms with van der Waals surface area (Å²) in [4.78, 5) is 3.40. The third kappa shape index (κ3) is 9.18. The Kier molecular flexibility index (Phi) is 17.2. The molecule has 0 amide bonds. The molecule has 52 heavy (non-hydrogen) atoms. The van der Waals surface area contributed by atoms with E-state index < -0.39 is 26.5 Å². The van der Waals surface area contributed by atoms with E-state index in [1.165, 1.54) is 131 Å². The first-order chi connectivity index (χ1) is 25.2. The SMILES string of the molecule is CCCCC(CC)[CH2][Ge]1([CH2]C(CC)CCCC)[c]2cc3[c](cc2-c2sc(Br)c[c]21)[Ge]([CH2]C(CC)CCCC)([CH2]C(CC)CCCC)[c]1cc(Br)sc1-3. The molecule has 1 aromatic carbocycles. The van der Waals surface area contributed by atoms with Gasteiger partial charge >= 0.3 is 354 Å². The van der Waals surface area contributed by atoms with Crippen LogP contribution in [0, 0.1) is 23.7 Å². The molecular weight excluding hydrogens is 922 g/mol. The third-order valence-corrected chi connectivity index (χ3v) is 40.7. The molecule has 4 heterocycles. The van der Waals surface area contributed by atoms with E-state index in [-0.39, 0.29) is 0 Å². The van der Waals surface area contributed by atoms with Gasteiger partial charge in [-0.15, -0.1) is 0 Å². The molecule has 0 bridgehead atoms. The second-order valence-corrected chi connectivity index (χ2v) is 39.1. The summed E-state index contributed by atoms with van der Waals surface area (Å²) in [7, 11) is 0. The number of hydrogen-bond donors (Lipinski definition) is 0. The molecule has 0 radical (unpaired) electrons. The predicted octanol–water partition coefficient (Wildman–Crippen LogP) is 15.3. The van der Waals surface area contributed by atoms with Crippen LogP contribution in [0.2, 0.25) is 21.0 Å². The molecule has 4 atom stereocenters. The number of benzene rings is 1. The van der Waals surface area contributed by atoms with Crippen molar-refractivity contribution < 1.29 is 0 Å². The van der Waals surface area contributed by atoms with Gasteiger partial charge in [0.25, 0.3) is 0 Å². The normalized spacial score (nSPS) is 21.1. The summed E-state index contributed by atoms with van der Waals surface area (Å²) < 4.78 is 10.3. The first-order valence-electron chi connectivity index (χ1n) is 22.0. The van der Waals surface area contributed by atoms with Gasteiger partial charge < -0.3 is 0 Å². The van der Waals surface area contributed by atoms with E-state index >= 15 is 0 Å². The van der Waals surface area contributed by atoms with Crippen molar-refractivity contribution in [1.82, 2.24) is 0 Å². The molecule has 0 spiro atoms. The van der Waals surface area contributed by atoms with Crippen molar-refractivity contribution in [2.45, 2.75) is 179 Å². The predicted molar refractivity (Wildman–Crippen MR) is 251 cm³/mol. The fraction of sp³-hybridized carbons (Fsp3) is 0.696. The fourth-order valence-electron chi connectivity index (χ4n) is 10.7. The summed E-state index contributed by atoms with van der Waals surface area (Å²) in [6.07, 6.45) is 21.9. The van der Waals surface area contributed by atoms with Gasteiger partial charge in [0.1, 0.15) is 0 Å². The summed E-state index contributed by atoms with van der Waals surface area (Å²) in [5.74, 6) is 3.41. The van der Waals surface area contributed by atoms with Crippen LogP contribution in [0.15, 0.2) is 31.8 Å². The molecule has 4 unspecified atom stereocenters. The maximum atomic E-state index is 4.11. The molecule has 5 rings (SSSR count). The van der Waals surface area contributed by atoms with Crippen molar-refractivity contribution in [1.29, 1.82) is 0 Å². The van der Waals surface area contributed by atoms with Crippen molar-refractivity contribution in [3.63, 3.8) is 0 Å². The van der Waals surface area contributed by atoms with Gasteiger partial charge in [-0.05, 0) is 0 Å². The molecule has 290 valence electrons. The van der Waals surface area contributed by atoms with Crippen LogP contribution in [-0.2, 0) is 0 Å². The van der Waals surface area contributed by atoms with E-state index in [2.05, 4.69) is 134 Å². The molecule has 0 aliphatic carbocycles. The molecule has 3 aromatic rings. The first kappa shape index (κ1) is 43.8. The van der Waals surface area contributed by atoms with Crippen molar-refractivity contribution in [2.24, 2.45) is 23.7 Å². The van der Waals surface area contributed by atoms with Crippen LogP contribution in [0.3, 0.4) is 0 Å². The number of hydrogen-bond acceptors (Lipinski definition) is 2. The zero-order valence-corrected chi connectivity index (χ0v) is 43.3. The van der Waals surface area contributed by atoms with E-state index in [4.69, 9.17) is 0 Å². The third-order valence-electron chi connectivity index (χ3n) is 13.8. The average Bonchev–Trinajstić information content (AvgIpc) is 3.86. The number of unbranched alkanes of at least 4 members (excludes halogenated alkanes) is 4. The van der Waals surface area contributed by atoms with E-state index in [9.17, 15) is 0 Å². The molecule has 2 aliphatic rings. The number of fused-ring (bicyclic) bond motifs is 6. The number of thiophene rings is 2. The minimum absolute atomic E-state index is 0.852. The van der Waals surface area contributed by atoms with Crippen LogP contribution in [0.1, 0.15) is 158 Å². The van der Waals surface area contributed by atoms with Gasteiger partial charge in [-0.1, -0.05) is 0 Å². The Labute approximate surface area is 350 Å². The molecule has 0 fully saturated rings. The Morgan fingerprint density at radius 2 is 0.731 bits per heavy atom. The van der Waals surface area contributed by atoms with Crippen molar-refractivity contribution in [3.05, 3.63) is 31.8 Å². The average molecular weight is 994 g/mol. The maximum absolute atomic E-state index is 4.11. The van der Waals surface area contributed by atoms with Gasteiger partial charge in [0.15, 0.2) is 0 Å². The van der Waals surface area contributed by atoms with Gasteiger partial charge in [-0.3, -0.25) is 0 Å². The van der Waals surface area contributed by atoms with Crippen molar-refractivity contribution >= 4 is 98.6 Å². The number of rotatable bonds is 24. The van der Waals surface area contributed by atoms with Crippen LogP contribution in [0.25, 0.3) is 20.9 Å². The zero-order chi connectivity index (χ0) is 37.5. The Morgan fingerprint density at radius 1 is 0.442 bits per heavy atom. The van der Waals surface area contributed by atoms with Crippen LogP contribution in [0.4, 0.5) is 0 Å². The standard InChI is InChI=1S/C46H72Br2Ge2S2/c1-9-17-21-33(13-5)29-49(30-34(14-6)22-18-10-2)39-25-38-40(26-37(39)45-41(49)27-43(47)51-45)50(31-35(15-7)23-19-11-3,32-36(16-8)24-20-12-4)42-28-44(48)52-46(38)42/h25-28,33-36H,9-24,29-32H2,1-8H3. The van der Waals surface area contributed by atoms with Gasteiger partial charge in [0.2, 0.25) is 0 Å². The molecule has 2 aromatic heterocycles. The van der Waals surface area contributed by atoms with E-state index in [1.807, 2.05) is 17.6 Å². The topological polar surface area (TPSA) is 0 Å². The second kappa shape index (κ2) is 20.4. The van der Waals surface area contributed by atoms with Gasteiger partial charge in [0, 0.05) is 0 Å². The first-order valence-corrected chi connectivity index (χ1v) is 35.3.